The van der Waals surface area contributed by atoms with Gasteiger partial charge in [-0.15, -0.1) is 0 Å². The van der Waals surface area contributed by atoms with Crippen molar-refractivity contribution in [3.8, 4) is 5.75 Å². The van der Waals surface area contributed by atoms with Crippen molar-refractivity contribution in [3.63, 3.8) is 0 Å². The second-order valence-corrected chi connectivity index (χ2v) is 5.84. The highest BCUT2D eigenvalue weighted by atomic mass is 35.5. The van der Waals surface area contributed by atoms with Crippen LogP contribution in [-0.4, -0.2) is 25.1 Å². The van der Waals surface area contributed by atoms with Crippen LogP contribution in [0.15, 0.2) is 41.5 Å². The van der Waals surface area contributed by atoms with Gasteiger partial charge in [-0.25, -0.2) is 5.43 Å². The number of nitrogens with zero attached hydrogens (tertiary/aromatic N) is 1. The molecule has 0 spiro atoms. The van der Waals surface area contributed by atoms with E-state index in [0.717, 1.165) is 5.56 Å². The van der Waals surface area contributed by atoms with Gasteiger partial charge < -0.3 is 10.1 Å². The predicted octanol–water partition coefficient (Wildman–Crippen LogP) is 3.40. The molecule has 6 nitrogen and oxygen atoms in total. The summed E-state index contributed by atoms with van der Waals surface area (Å²) < 4.78 is 5.14. The van der Waals surface area contributed by atoms with E-state index in [1.165, 1.54) is 13.3 Å². The van der Waals surface area contributed by atoms with Crippen LogP contribution in [0.1, 0.15) is 11.1 Å². The Bertz CT molecular complexity index is 838. The van der Waals surface area contributed by atoms with Crippen LogP contribution in [0.25, 0.3) is 0 Å². The van der Waals surface area contributed by atoms with Crippen molar-refractivity contribution in [1.82, 2.24) is 5.43 Å². The van der Waals surface area contributed by atoms with Crippen molar-refractivity contribution in [1.29, 1.82) is 0 Å². The van der Waals surface area contributed by atoms with Crippen molar-refractivity contribution in [2.75, 3.05) is 12.4 Å². The number of hydrogen-bond acceptors (Lipinski definition) is 4. The van der Waals surface area contributed by atoms with E-state index in [1.807, 2.05) is 13.0 Å². The van der Waals surface area contributed by atoms with Crippen molar-refractivity contribution in [3.05, 3.63) is 57.6 Å². The molecule has 25 heavy (non-hydrogen) atoms. The van der Waals surface area contributed by atoms with Gasteiger partial charge in [0.15, 0.2) is 0 Å². The van der Waals surface area contributed by atoms with Crippen LogP contribution in [0.4, 0.5) is 5.69 Å². The smallest absolute Gasteiger partial charge is 0.329 e. The molecule has 0 heterocycles. The average molecular weight is 380 g/mol. The molecule has 0 saturated heterocycles. The first-order chi connectivity index (χ1) is 11.9. The summed E-state index contributed by atoms with van der Waals surface area (Å²) in [5.74, 6) is -1.33. The number of carbonyl (C=O) groups excluding carboxylic acids is 2. The lowest BCUT2D eigenvalue weighted by molar-refractivity contribution is -0.136. The van der Waals surface area contributed by atoms with Crippen LogP contribution in [-0.2, 0) is 9.59 Å². The van der Waals surface area contributed by atoms with Gasteiger partial charge in [-0.1, -0.05) is 35.3 Å². The minimum atomic E-state index is -0.917. The normalized spacial score (nSPS) is 10.6. The minimum Gasteiger partial charge on any atom is -0.495 e. The number of methoxy groups -OCH3 is 1. The third-order valence-corrected chi connectivity index (χ3v) is 3.87. The molecule has 0 aromatic heterocycles. The number of nitrogens with one attached hydrogen (secondary N) is 2. The zero-order valence-electron chi connectivity index (χ0n) is 13.5. The lowest BCUT2D eigenvalue weighted by Crippen LogP contribution is -2.32. The van der Waals surface area contributed by atoms with E-state index < -0.39 is 11.8 Å². The first kappa shape index (κ1) is 18.8. The number of halogens is 2. The number of hydrogen-bond donors (Lipinski definition) is 2. The van der Waals surface area contributed by atoms with E-state index in [2.05, 4.69) is 15.8 Å². The highest BCUT2D eigenvalue weighted by Gasteiger charge is 2.15. The van der Waals surface area contributed by atoms with E-state index in [-0.39, 0.29) is 0 Å². The summed E-state index contributed by atoms with van der Waals surface area (Å²) in [6.45, 7) is 1.86. The zero-order valence-corrected chi connectivity index (χ0v) is 15.0. The maximum Gasteiger partial charge on any atom is 0.329 e. The number of amides is 2. The predicted molar refractivity (Wildman–Crippen MR) is 98.6 cm³/mol. The molecule has 0 bridgehead atoms. The Hall–Kier alpha value is -2.57. The summed E-state index contributed by atoms with van der Waals surface area (Å²) in [5.41, 5.74) is 4.07. The molecule has 2 rings (SSSR count). The summed E-state index contributed by atoms with van der Waals surface area (Å²) in [5, 5.41) is 6.97. The Morgan fingerprint density at radius 3 is 2.52 bits per heavy atom. The van der Waals surface area contributed by atoms with E-state index in [0.29, 0.717) is 27.0 Å². The monoisotopic (exact) mass is 379 g/mol. The van der Waals surface area contributed by atoms with Gasteiger partial charge in [0.2, 0.25) is 0 Å². The second kappa shape index (κ2) is 8.50. The molecule has 2 aromatic rings. The lowest BCUT2D eigenvalue weighted by Gasteiger charge is -2.10. The van der Waals surface area contributed by atoms with Crippen molar-refractivity contribution >= 4 is 46.9 Å². The summed E-state index contributed by atoms with van der Waals surface area (Å²) in [6.07, 6.45) is 1.35. The van der Waals surface area contributed by atoms with E-state index in [1.54, 1.807) is 30.3 Å². The summed E-state index contributed by atoms with van der Waals surface area (Å²) in [7, 11) is 1.47. The quantitative estimate of drug-likeness (QED) is 0.485. The highest BCUT2D eigenvalue weighted by Crippen LogP contribution is 2.25. The topological polar surface area (TPSA) is 79.8 Å². The first-order valence-electron chi connectivity index (χ1n) is 7.15. The fourth-order valence-corrected chi connectivity index (χ4v) is 2.21. The minimum absolute atomic E-state index is 0.362. The number of rotatable bonds is 4. The third-order valence-electron chi connectivity index (χ3n) is 3.13. The fourth-order valence-electron chi connectivity index (χ4n) is 1.91. The molecule has 2 aromatic carbocycles. The lowest BCUT2D eigenvalue weighted by atomic mass is 10.2. The van der Waals surface area contributed by atoms with Gasteiger partial charge in [-0.3, -0.25) is 9.59 Å². The summed E-state index contributed by atoms with van der Waals surface area (Å²) in [6, 6.07) is 10.1. The zero-order chi connectivity index (χ0) is 18.4. The number of benzene rings is 2. The van der Waals surface area contributed by atoms with Gasteiger partial charge in [-0.2, -0.15) is 5.10 Å². The number of aryl methyl sites for hydroxylation is 1. The molecule has 0 aliphatic carbocycles. The average Bonchev–Trinajstić information content (AvgIpc) is 2.58. The van der Waals surface area contributed by atoms with Crippen LogP contribution in [0.2, 0.25) is 10.0 Å². The highest BCUT2D eigenvalue weighted by molar-refractivity contribution is 6.42. The van der Waals surface area contributed by atoms with Gasteiger partial charge in [0.05, 0.1) is 29.1 Å². The van der Waals surface area contributed by atoms with Crippen molar-refractivity contribution in [2.24, 2.45) is 5.10 Å². The van der Waals surface area contributed by atoms with Gasteiger partial charge in [0, 0.05) is 0 Å². The molecule has 0 unspecified atom stereocenters. The van der Waals surface area contributed by atoms with Crippen LogP contribution < -0.4 is 15.5 Å². The Morgan fingerprint density at radius 1 is 1.08 bits per heavy atom. The largest absolute Gasteiger partial charge is 0.495 e. The second-order valence-electron chi connectivity index (χ2n) is 5.03. The molecule has 130 valence electrons. The van der Waals surface area contributed by atoms with Crippen molar-refractivity contribution in [2.45, 2.75) is 6.92 Å². The molecule has 0 atom stereocenters. The Kier molecular flexibility index (Phi) is 6.38. The first-order valence-corrected chi connectivity index (χ1v) is 7.90. The fraction of sp³-hybridized carbons (Fsp3) is 0.118. The standard InChI is InChI=1S/C17H15Cl2N3O3/c1-10-3-6-15(25-2)14(7-10)21-16(23)17(24)22-20-9-11-4-5-12(18)13(19)8-11/h3-9H,1-2H3,(H,21,23)(H,22,24)/b20-9-. The number of carbonyl (C=O) groups is 2. The molecule has 2 amide bonds. The molecule has 0 aliphatic heterocycles. The van der Waals surface area contributed by atoms with E-state index >= 15 is 0 Å². The molecule has 0 saturated carbocycles. The maximum atomic E-state index is 11.9. The molecule has 2 N–H and O–H groups in total. The Labute approximate surface area is 154 Å². The summed E-state index contributed by atoms with van der Waals surface area (Å²) >= 11 is 11.7. The Morgan fingerprint density at radius 2 is 1.84 bits per heavy atom. The van der Waals surface area contributed by atoms with Crippen molar-refractivity contribution < 1.29 is 14.3 Å². The molecule has 0 radical (unpaired) electrons. The third kappa shape index (κ3) is 5.20. The number of anilines is 1. The molecular formula is C17H15Cl2N3O3. The molecule has 0 aliphatic rings. The molecular weight excluding hydrogens is 365 g/mol. The SMILES string of the molecule is COc1ccc(C)cc1NC(=O)C(=O)N/N=C\c1ccc(Cl)c(Cl)c1. The van der Waals surface area contributed by atoms with Crippen LogP contribution in [0.5, 0.6) is 5.75 Å². The number of hydrazone groups is 1. The Balaban J connectivity index is 1.98. The van der Waals surface area contributed by atoms with Gasteiger partial charge in [-0.05, 0) is 42.3 Å². The van der Waals surface area contributed by atoms with Crippen LogP contribution in [0.3, 0.4) is 0 Å². The van der Waals surface area contributed by atoms with Crippen LogP contribution >= 0.6 is 23.2 Å². The van der Waals surface area contributed by atoms with Gasteiger partial charge in [0.1, 0.15) is 5.75 Å². The molecule has 0 fully saturated rings. The molecule has 8 heteroatoms. The van der Waals surface area contributed by atoms with Gasteiger partial charge >= 0.3 is 11.8 Å². The number of ether oxygens (including phenoxy) is 1. The van der Waals surface area contributed by atoms with E-state index in [9.17, 15) is 9.59 Å². The summed E-state index contributed by atoms with van der Waals surface area (Å²) in [4.78, 5) is 23.8. The van der Waals surface area contributed by atoms with E-state index in [4.69, 9.17) is 27.9 Å². The maximum absolute atomic E-state index is 11.9. The van der Waals surface area contributed by atoms with Crippen LogP contribution in [0, 0.1) is 6.92 Å². The van der Waals surface area contributed by atoms with Gasteiger partial charge in [0.25, 0.3) is 0 Å².